The summed E-state index contributed by atoms with van der Waals surface area (Å²) in [5, 5.41) is 13.1. The van der Waals surface area contributed by atoms with Crippen LogP contribution in [0, 0.1) is 0 Å². The third-order valence-electron chi connectivity index (χ3n) is 3.00. The third kappa shape index (κ3) is 3.30. The molecule has 1 saturated carbocycles. The first-order chi connectivity index (χ1) is 8.29. The summed E-state index contributed by atoms with van der Waals surface area (Å²) in [6, 6.07) is 1.86. The molecular formula is C12H19N3O2. The number of nitrogens with one attached hydrogen (secondary N) is 1. The minimum Gasteiger partial charge on any atom is -0.478 e. The van der Waals surface area contributed by atoms with E-state index in [0.717, 1.165) is 31.5 Å². The molecule has 2 unspecified atom stereocenters. The maximum Gasteiger partial charge on any atom is 0.218 e. The van der Waals surface area contributed by atoms with E-state index in [4.69, 9.17) is 4.74 Å². The van der Waals surface area contributed by atoms with E-state index >= 15 is 0 Å². The molecule has 5 nitrogen and oxygen atoms in total. The number of aliphatic hydroxyl groups is 1. The first-order valence-corrected chi connectivity index (χ1v) is 6.19. The monoisotopic (exact) mass is 237 g/mol. The fourth-order valence-electron chi connectivity index (χ4n) is 2.11. The number of anilines is 1. The minimum atomic E-state index is -0.283. The smallest absolute Gasteiger partial charge is 0.218 e. The van der Waals surface area contributed by atoms with Gasteiger partial charge in [0.2, 0.25) is 5.88 Å². The minimum absolute atomic E-state index is 0.0909. The zero-order valence-corrected chi connectivity index (χ0v) is 10.1. The fourth-order valence-corrected chi connectivity index (χ4v) is 2.11. The molecule has 5 heteroatoms. The van der Waals surface area contributed by atoms with Crippen LogP contribution in [0.25, 0.3) is 0 Å². The van der Waals surface area contributed by atoms with E-state index in [1.165, 1.54) is 6.33 Å². The Kier molecular flexibility index (Phi) is 4.14. The molecule has 1 heterocycles. The molecule has 0 amide bonds. The number of aromatic nitrogens is 2. The molecule has 2 rings (SSSR count). The van der Waals surface area contributed by atoms with Crippen molar-refractivity contribution in [1.29, 1.82) is 0 Å². The van der Waals surface area contributed by atoms with Crippen LogP contribution >= 0.6 is 0 Å². The summed E-state index contributed by atoms with van der Waals surface area (Å²) >= 11 is 0. The van der Waals surface area contributed by atoms with Gasteiger partial charge < -0.3 is 15.2 Å². The van der Waals surface area contributed by atoms with Gasteiger partial charge in [-0.2, -0.15) is 0 Å². The van der Waals surface area contributed by atoms with Crippen molar-refractivity contribution in [2.75, 3.05) is 11.9 Å². The summed E-state index contributed by atoms with van der Waals surface area (Å²) in [5.74, 6) is 1.28. The summed E-state index contributed by atoms with van der Waals surface area (Å²) in [4.78, 5) is 8.14. The number of hydrogen-bond acceptors (Lipinski definition) is 5. The highest BCUT2D eigenvalue weighted by Gasteiger charge is 2.23. The first kappa shape index (κ1) is 12.1. The average molecular weight is 237 g/mol. The summed E-state index contributed by atoms with van der Waals surface area (Å²) < 4.78 is 5.31. The molecule has 1 aromatic rings. The van der Waals surface area contributed by atoms with Gasteiger partial charge in [-0.1, -0.05) is 12.8 Å². The highest BCUT2D eigenvalue weighted by molar-refractivity contribution is 5.38. The summed E-state index contributed by atoms with van der Waals surface area (Å²) in [7, 11) is 0. The molecule has 1 fully saturated rings. The van der Waals surface area contributed by atoms with Gasteiger partial charge in [-0.15, -0.1) is 0 Å². The SMILES string of the molecule is CCOc1cc(NC2CCCCC2O)ncn1. The van der Waals surface area contributed by atoms with Crippen molar-refractivity contribution in [2.45, 2.75) is 44.8 Å². The van der Waals surface area contributed by atoms with E-state index in [1.54, 1.807) is 6.07 Å². The lowest BCUT2D eigenvalue weighted by atomic mass is 9.93. The normalized spacial score (nSPS) is 24.4. The van der Waals surface area contributed by atoms with Gasteiger partial charge in [-0.3, -0.25) is 0 Å². The second-order valence-corrected chi connectivity index (χ2v) is 4.28. The number of nitrogens with zero attached hydrogens (tertiary/aromatic N) is 2. The maximum absolute atomic E-state index is 9.87. The van der Waals surface area contributed by atoms with Crippen LogP contribution in [-0.2, 0) is 0 Å². The van der Waals surface area contributed by atoms with Crippen molar-refractivity contribution >= 4 is 5.82 Å². The molecule has 0 spiro atoms. The maximum atomic E-state index is 9.87. The number of hydrogen-bond donors (Lipinski definition) is 2. The van der Waals surface area contributed by atoms with Crippen molar-refractivity contribution in [2.24, 2.45) is 0 Å². The zero-order chi connectivity index (χ0) is 12.1. The van der Waals surface area contributed by atoms with Gasteiger partial charge in [0.05, 0.1) is 18.8 Å². The highest BCUT2D eigenvalue weighted by atomic mass is 16.5. The van der Waals surface area contributed by atoms with Crippen LogP contribution in [0.2, 0.25) is 0 Å². The van der Waals surface area contributed by atoms with Crippen LogP contribution < -0.4 is 10.1 Å². The summed E-state index contributed by atoms with van der Waals surface area (Å²) in [6.07, 6.45) is 5.29. The third-order valence-corrected chi connectivity index (χ3v) is 3.00. The Morgan fingerprint density at radius 1 is 1.41 bits per heavy atom. The first-order valence-electron chi connectivity index (χ1n) is 6.19. The van der Waals surface area contributed by atoms with Crippen LogP contribution in [0.5, 0.6) is 5.88 Å². The molecule has 1 aromatic heterocycles. The van der Waals surface area contributed by atoms with E-state index in [1.807, 2.05) is 6.92 Å². The Hall–Kier alpha value is -1.36. The second-order valence-electron chi connectivity index (χ2n) is 4.28. The fraction of sp³-hybridized carbons (Fsp3) is 0.667. The lowest BCUT2D eigenvalue weighted by molar-refractivity contribution is 0.116. The molecule has 1 aliphatic carbocycles. The van der Waals surface area contributed by atoms with Gasteiger partial charge in [0.15, 0.2) is 0 Å². The van der Waals surface area contributed by atoms with Crippen LogP contribution in [0.1, 0.15) is 32.6 Å². The molecule has 0 aliphatic heterocycles. The van der Waals surface area contributed by atoms with E-state index in [2.05, 4.69) is 15.3 Å². The molecule has 0 aromatic carbocycles. The van der Waals surface area contributed by atoms with Gasteiger partial charge in [0.25, 0.3) is 0 Å². The van der Waals surface area contributed by atoms with Gasteiger partial charge in [0, 0.05) is 6.07 Å². The largest absolute Gasteiger partial charge is 0.478 e. The van der Waals surface area contributed by atoms with Crippen LogP contribution in [0.15, 0.2) is 12.4 Å². The molecule has 2 atom stereocenters. The predicted molar refractivity (Wildman–Crippen MR) is 65.1 cm³/mol. The number of aliphatic hydroxyl groups excluding tert-OH is 1. The molecule has 17 heavy (non-hydrogen) atoms. The van der Waals surface area contributed by atoms with E-state index in [0.29, 0.717) is 12.5 Å². The zero-order valence-electron chi connectivity index (χ0n) is 10.1. The van der Waals surface area contributed by atoms with E-state index in [9.17, 15) is 5.11 Å². The van der Waals surface area contributed by atoms with E-state index < -0.39 is 0 Å². The van der Waals surface area contributed by atoms with Gasteiger partial charge in [-0.25, -0.2) is 9.97 Å². The topological polar surface area (TPSA) is 67.3 Å². The van der Waals surface area contributed by atoms with Crippen molar-refractivity contribution in [1.82, 2.24) is 9.97 Å². The summed E-state index contributed by atoms with van der Waals surface area (Å²) in [6.45, 7) is 2.50. The highest BCUT2D eigenvalue weighted by Crippen LogP contribution is 2.22. The van der Waals surface area contributed by atoms with Crippen LogP contribution in [0.3, 0.4) is 0 Å². The van der Waals surface area contributed by atoms with Crippen LogP contribution in [0.4, 0.5) is 5.82 Å². The quantitative estimate of drug-likeness (QED) is 0.832. The number of rotatable bonds is 4. The van der Waals surface area contributed by atoms with Crippen molar-refractivity contribution in [3.05, 3.63) is 12.4 Å². The Morgan fingerprint density at radius 2 is 2.24 bits per heavy atom. The molecule has 1 aliphatic rings. The lowest BCUT2D eigenvalue weighted by Crippen LogP contribution is -2.36. The standard InChI is InChI=1S/C12H19N3O2/c1-2-17-12-7-11(13-8-14-12)15-9-5-3-4-6-10(9)16/h7-10,16H,2-6H2,1H3,(H,13,14,15). The Labute approximate surface area is 101 Å². The molecule has 94 valence electrons. The molecular weight excluding hydrogens is 218 g/mol. The lowest BCUT2D eigenvalue weighted by Gasteiger charge is -2.28. The Morgan fingerprint density at radius 3 is 3.00 bits per heavy atom. The second kappa shape index (κ2) is 5.82. The predicted octanol–water partition coefficient (Wildman–Crippen LogP) is 1.59. The van der Waals surface area contributed by atoms with Gasteiger partial charge in [0.1, 0.15) is 12.1 Å². The number of ether oxygens (including phenoxy) is 1. The van der Waals surface area contributed by atoms with Crippen molar-refractivity contribution in [3.8, 4) is 5.88 Å². The van der Waals surface area contributed by atoms with Crippen molar-refractivity contribution < 1.29 is 9.84 Å². The summed E-state index contributed by atoms with van der Waals surface area (Å²) in [5.41, 5.74) is 0. The van der Waals surface area contributed by atoms with Gasteiger partial charge >= 0.3 is 0 Å². The molecule has 2 N–H and O–H groups in total. The molecule has 0 bridgehead atoms. The van der Waals surface area contributed by atoms with E-state index in [-0.39, 0.29) is 12.1 Å². The molecule has 0 radical (unpaired) electrons. The average Bonchev–Trinajstić information content (AvgIpc) is 2.33. The van der Waals surface area contributed by atoms with Crippen molar-refractivity contribution in [3.63, 3.8) is 0 Å². The van der Waals surface area contributed by atoms with Crippen LogP contribution in [-0.4, -0.2) is 33.8 Å². The molecule has 0 saturated heterocycles. The van der Waals surface area contributed by atoms with Gasteiger partial charge in [-0.05, 0) is 19.8 Å². The Bertz CT molecular complexity index is 359. The Balaban J connectivity index is 1.99.